The monoisotopic (exact) mass is 411 g/mol. The maximum Gasteiger partial charge on any atom is 0.211 e. The van der Waals surface area contributed by atoms with E-state index in [0.29, 0.717) is 9.92 Å². The number of carbonyl (C=O) groups excluding carboxylic acids is 1. The topological polar surface area (TPSA) is 80.6 Å². The Labute approximate surface area is 158 Å². The lowest BCUT2D eigenvalue weighted by atomic mass is 10.2. The Morgan fingerprint density at radius 1 is 0.962 bits per heavy atom. The van der Waals surface area contributed by atoms with Crippen molar-refractivity contribution in [1.82, 2.24) is 0 Å². The van der Waals surface area contributed by atoms with Crippen molar-refractivity contribution in [3.8, 4) is 0 Å². The minimum absolute atomic E-state index is 0.0866. The first-order valence-electron chi connectivity index (χ1n) is 7.54. The number of benzene rings is 2. The largest absolute Gasteiger partial charge is 0.294 e. The maximum atomic E-state index is 12.8. The zero-order valence-corrected chi connectivity index (χ0v) is 16.9. The number of nitrogens with zero attached hydrogens (tertiary/aromatic N) is 1. The van der Waals surface area contributed by atoms with Gasteiger partial charge in [0, 0.05) is 16.2 Å². The number of carbonyl (C=O) groups is 1. The van der Waals surface area contributed by atoms with Gasteiger partial charge in [-0.2, -0.15) is 0 Å². The van der Waals surface area contributed by atoms with E-state index in [2.05, 4.69) is 4.36 Å². The van der Waals surface area contributed by atoms with Gasteiger partial charge in [0.25, 0.3) is 0 Å². The predicted octanol–water partition coefficient (Wildman–Crippen LogP) is 4.01. The van der Waals surface area contributed by atoms with Gasteiger partial charge in [-0.05, 0) is 50.2 Å². The third-order valence-corrected chi connectivity index (χ3v) is 7.36. The van der Waals surface area contributed by atoms with Crippen LogP contribution in [0.15, 0.2) is 73.8 Å². The number of aryl methyl sites for hydroxylation is 1. The number of Topliss-reactive ketones (excluding diaryl/α,β-unsaturated/α-hetero) is 1. The fourth-order valence-corrected chi connectivity index (χ4v) is 4.67. The first kappa shape index (κ1) is 20.4. The summed E-state index contributed by atoms with van der Waals surface area (Å²) in [6.07, 6.45) is 2.27. The number of halogens is 1. The fraction of sp³-hybridized carbons (Fsp3) is 0.167. The lowest BCUT2D eigenvalue weighted by molar-refractivity contribution is -0.113. The summed E-state index contributed by atoms with van der Waals surface area (Å²) < 4.78 is 42.1. The van der Waals surface area contributed by atoms with Gasteiger partial charge in [0.1, 0.15) is 4.91 Å². The molecule has 0 aliphatic rings. The van der Waals surface area contributed by atoms with Crippen LogP contribution >= 0.6 is 11.6 Å². The summed E-state index contributed by atoms with van der Waals surface area (Å²) in [7, 11) is -6.99. The van der Waals surface area contributed by atoms with Crippen LogP contribution in [0.25, 0.3) is 0 Å². The van der Waals surface area contributed by atoms with E-state index in [1.54, 1.807) is 24.3 Å². The van der Waals surface area contributed by atoms with E-state index in [0.717, 1.165) is 18.7 Å². The summed E-state index contributed by atoms with van der Waals surface area (Å²) in [6.45, 7) is 3.02. The molecule has 0 bridgehead atoms. The number of ketones is 1. The zero-order valence-electron chi connectivity index (χ0n) is 14.5. The van der Waals surface area contributed by atoms with Gasteiger partial charge in [-0.1, -0.05) is 29.3 Å². The highest BCUT2D eigenvalue weighted by Gasteiger charge is 2.24. The predicted molar refractivity (Wildman–Crippen MR) is 103 cm³/mol. The molecule has 8 heteroatoms. The molecule has 0 radical (unpaired) electrons. The van der Waals surface area contributed by atoms with Gasteiger partial charge in [0.2, 0.25) is 9.84 Å². The van der Waals surface area contributed by atoms with E-state index in [4.69, 9.17) is 11.6 Å². The van der Waals surface area contributed by atoms with E-state index >= 15 is 0 Å². The van der Waals surface area contributed by atoms with Crippen LogP contribution in [-0.4, -0.2) is 24.7 Å². The van der Waals surface area contributed by atoms with Crippen molar-refractivity contribution in [2.75, 3.05) is 6.26 Å². The minimum atomic E-state index is -4.09. The molecule has 0 aliphatic carbocycles. The second-order valence-electron chi connectivity index (χ2n) is 5.73. The average molecular weight is 412 g/mol. The van der Waals surface area contributed by atoms with Crippen LogP contribution in [0.3, 0.4) is 0 Å². The molecule has 26 heavy (non-hydrogen) atoms. The van der Waals surface area contributed by atoms with Crippen LogP contribution < -0.4 is 0 Å². The number of rotatable bonds is 5. The van der Waals surface area contributed by atoms with Crippen molar-refractivity contribution in [1.29, 1.82) is 0 Å². The standard InChI is InChI=1S/C18H18ClNO4S2/c1-13-4-8-16(9-5-13)25(3,22)20-12-18(14(2)21)26(23,24)17-10-6-15(19)7-11-17/h4-12H,1-3H3. The molecule has 0 aliphatic heterocycles. The first-order chi connectivity index (χ1) is 12.0. The van der Waals surface area contributed by atoms with Crippen molar-refractivity contribution >= 4 is 37.0 Å². The lowest BCUT2D eigenvalue weighted by Gasteiger charge is -2.07. The molecule has 0 spiro atoms. The smallest absolute Gasteiger partial charge is 0.211 e. The molecule has 1 atom stereocenters. The summed E-state index contributed by atoms with van der Waals surface area (Å²) in [5, 5.41) is 0.373. The molecule has 138 valence electrons. The van der Waals surface area contributed by atoms with Crippen molar-refractivity contribution in [3.63, 3.8) is 0 Å². The Bertz CT molecular complexity index is 1080. The molecule has 2 aromatic carbocycles. The number of allylic oxidation sites excluding steroid dienone is 1. The van der Waals surface area contributed by atoms with Gasteiger partial charge in [-0.15, -0.1) is 0 Å². The summed E-state index contributed by atoms with van der Waals surface area (Å²) >= 11 is 5.77. The molecule has 0 aromatic heterocycles. The number of sulfone groups is 1. The normalized spacial score (nSPS) is 14.5. The fourth-order valence-electron chi connectivity index (χ4n) is 2.09. The summed E-state index contributed by atoms with van der Waals surface area (Å²) in [5.74, 6) is -0.692. The molecule has 0 fully saturated rings. The van der Waals surface area contributed by atoms with Gasteiger partial charge in [0.05, 0.1) is 20.8 Å². The molecule has 0 amide bonds. The molecular formula is C18H18ClNO4S2. The number of hydrogen-bond donors (Lipinski definition) is 0. The Morgan fingerprint density at radius 3 is 1.96 bits per heavy atom. The molecule has 1 unspecified atom stereocenters. The minimum Gasteiger partial charge on any atom is -0.294 e. The van der Waals surface area contributed by atoms with E-state index in [1.165, 1.54) is 30.5 Å². The van der Waals surface area contributed by atoms with Crippen LogP contribution in [0.1, 0.15) is 12.5 Å². The van der Waals surface area contributed by atoms with Gasteiger partial charge >= 0.3 is 0 Å². The number of hydrogen-bond acceptors (Lipinski definition) is 5. The maximum absolute atomic E-state index is 12.8. The molecule has 0 heterocycles. The Hall–Kier alpha value is -1.96. The SMILES string of the molecule is CC(=O)C(=CN=S(C)(=O)c1ccc(C)cc1)S(=O)(=O)c1ccc(Cl)cc1. The third kappa shape index (κ3) is 4.60. The molecule has 2 rings (SSSR count). The van der Waals surface area contributed by atoms with E-state index in [-0.39, 0.29) is 4.90 Å². The molecular weight excluding hydrogens is 394 g/mol. The highest BCUT2D eigenvalue weighted by molar-refractivity contribution is 7.96. The van der Waals surface area contributed by atoms with Gasteiger partial charge in [-0.3, -0.25) is 4.79 Å². The van der Waals surface area contributed by atoms with E-state index in [1.807, 2.05) is 6.92 Å². The van der Waals surface area contributed by atoms with Crippen LogP contribution in [0.2, 0.25) is 5.02 Å². The van der Waals surface area contributed by atoms with Crippen LogP contribution in [0.4, 0.5) is 0 Å². The van der Waals surface area contributed by atoms with Crippen molar-refractivity contribution < 1.29 is 17.4 Å². The lowest BCUT2D eigenvalue weighted by Crippen LogP contribution is -2.11. The molecule has 0 saturated carbocycles. The quantitative estimate of drug-likeness (QED) is 0.696. The summed E-state index contributed by atoms with van der Waals surface area (Å²) in [4.78, 5) is 11.7. The Kier molecular flexibility index (Phi) is 6.05. The van der Waals surface area contributed by atoms with Crippen molar-refractivity contribution in [2.24, 2.45) is 4.36 Å². The van der Waals surface area contributed by atoms with Crippen LogP contribution in [-0.2, 0) is 24.4 Å². The Morgan fingerprint density at radius 2 is 1.46 bits per heavy atom. The molecule has 0 saturated heterocycles. The molecule has 2 aromatic rings. The van der Waals surface area contributed by atoms with E-state index < -0.39 is 30.3 Å². The average Bonchev–Trinajstić information content (AvgIpc) is 2.55. The highest BCUT2D eigenvalue weighted by Crippen LogP contribution is 2.23. The molecule has 0 N–H and O–H groups in total. The summed E-state index contributed by atoms with van der Waals surface area (Å²) in [5.41, 5.74) is 0.995. The first-order valence-corrected chi connectivity index (χ1v) is 11.3. The van der Waals surface area contributed by atoms with Gasteiger partial charge in [0.15, 0.2) is 5.78 Å². The van der Waals surface area contributed by atoms with Gasteiger partial charge < -0.3 is 0 Å². The zero-order chi connectivity index (χ0) is 19.5. The van der Waals surface area contributed by atoms with E-state index in [9.17, 15) is 17.4 Å². The third-order valence-electron chi connectivity index (χ3n) is 3.59. The van der Waals surface area contributed by atoms with Gasteiger partial charge in [-0.25, -0.2) is 17.0 Å². The van der Waals surface area contributed by atoms with Crippen molar-refractivity contribution in [2.45, 2.75) is 23.6 Å². The molecule has 5 nitrogen and oxygen atoms in total. The van der Waals surface area contributed by atoms with Crippen molar-refractivity contribution in [3.05, 3.63) is 70.2 Å². The summed E-state index contributed by atoms with van der Waals surface area (Å²) in [6, 6.07) is 12.3. The van der Waals surface area contributed by atoms with Crippen LogP contribution in [0, 0.1) is 6.92 Å². The second-order valence-corrected chi connectivity index (χ2v) is 10.4. The highest BCUT2D eigenvalue weighted by atomic mass is 35.5. The Balaban J connectivity index is 2.56. The second kappa shape index (κ2) is 7.73. The van der Waals surface area contributed by atoms with Crippen LogP contribution in [0.5, 0.6) is 0 Å².